The predicted octanol–water partition coefficient (Wildman–Crippen LogP) is 2.95. The molecule has 0 heterocycles. The lowest BCUT2D eigenvalue weighted by Crippen LogP contribution is -2.45. The standard InChI is InChI=1S/C13H29NO/c1-6-7-8-11(2)14-12(9-10-15)13(3,4)5/h11-12,14-15H,6-10H2,1-5H3. The van der Waals surface area contributed by atoms with Gasteiger partial charge in [0, 0.05) is 18.7 Å². The molecule has 0 rings (SSSR count). The molecule has 2 nitrogen and oxygen atoms in total. The van der Waals surface area contributed by atoms with Crippen molar-refractivity contribution in [2.45, 2.75) is 72.4 Å². The summed E-state index contributed by atoms with van der Waals surface area (Å²) in [6.45, 7) is 11.4. The lowest BCUT2D eigenvalue weighted by Gasteiger charge is -2.34. The van der Waals surface area contributed by atoms with Crippen molar-refractivity contribution in [3.8, 4) is 0 Å². The molecule has 92 valence electrons. The lowest BCUT2D eigenvalue weighted by atomic mass is 9.84. The number of aliphatic hydroxyl groups excluding tert-OH is 1. The molecule has 15 heavy (non-hydrogen) atoms. The van der Waals surface area contributed by atoms with E-state index in [2.05, 4.69) is 39.9 Å². The van der Waals surface area contributed by atoms with Gasteiger partial charge in [-0.2, -0.15) is 0 Å². The van der Waals surface area contributed by atoms with E-state index in [1.807, 2.05) is 0 Å². The molecule has 0 saturated heterocycles. The minimum absolute atomic E-state index is 0.225. The fraction of sp³-hybridized carbons (Fsp3) is 1.00. The van der Waals surface area contributed by atoms with Gasteiger partial charge >= 0.3 is 0 Å². The van der Waals surface area contributed by atoms with Crippen molar-refractivity contribution in [1.82, 2.24) is 5.32 Å². The summed E-state index contributed by atoms with van der Waals surface area (Å²) in [5.74, 6) is 0. The molecule has 2 N–H and O–H groups in total. The highest BCUT2D eigenvalue weighted by Crippen LogP contribution is 2.22. The van der Waals surface area contributed by atoms with Crippen LogP contribution in [0.15, 0.2) is 0 Å². The van der Waals surface area contributed by atoms with E-state index in [0.717, 1.165) is 6.42 Å². The molecule has 0 aliphatic carbocycles. The van der Waals surface area contributed by atoms with Gasteiger partial charge in [0.05, 0.1) is 0 Å². The molecule has 0 saturated carbocycles. The number of hydrogen-bond acceptors (Lipinski definition) is 2. The van der Waals surface area contributed by atoms with Gasteiger partial charge in [0.2, 0.25) is 0 Å². The van der Waals surface area contributed by atoms with Gasteiger partial charge in [0.25, 0.3) is 0 Å². The van der Waals surface area contributed by atoms with Crippen LogP contribution in [0, 0.1) is 5.41 Å². The van der Waals surface area contributed by atoms with Gasteiger partial charge in [0.1, 0.15) is 0 Å². The molecule has 0 aromatic rings. The Balaban J connectivity index is 4.04. The van der Waals surface area contributed by atoms with E-state index < -0.39 is 0 Å². The maximum Gasteiger partial charge on any atom is 0.0446 e. The normalized spacial score (nSPS) is 16.4. The third-order valence-electron chi connectivity index (χ3n) is 2.94. The average Bonchev–Trinajstić information content (AvgIpc) is 2.12. The number of rotatable bonds is 7. The topological polar surface area (TPSA) is 32.3 Å². The number of nitrogens with one attached hydrogen (secondary N) is 1. The Morgan fingerprint density at radius 2 is 1.80 bits per heavy atom. The molecule has 2 heteroatoms. The Morgan fingerprint density at radius 3 is 2.20 bits per heavy atom. The number of hydrogen-bond donors (Lipinski definition) is 2. The molecule has 0 radical (unpaired) electrons. The van der Waals surface area contributed by atoms with Crippen molar-refractivity contribution < 1.29 is 5.11 Å². The van der Waals surface area contributed by atoms with E-state index in [9.17, 15) is 0 Å². The minimum atomic E-state index is 0.225. The molecular formula is C13H29NO. The van der Waals surface area contributed by atoms with Crippen molar-refractivity contribution in [3.05, 3.63) is 0 Å². The third kappa shape index (κ3) is 6.91. The van der Waals surface area contributed by atoms with Crippen molar-refractivity contribution >= 4 is 0 Å². The van der Waals surface area contributed by atoms with Crippen LogP contribution in [0.1, 0.15) is 60.3 Å². The second-order valence-electron chi connectivity index (χ2n) is 5.64. The van der Waals surface area contributed by atoms with Crippen molar-refractivity contribution in [2.75, 3.05) is 6.61 Å². The van der Waals surface area contributed by atoms with Gasteiger partial charge in [0.15, 0.2) is 0 Å². The number of aliphatic hydroxyl groups is 1. The molecule has 2 atom stereocenters. The molecule has 0 aliphatic heterocycles. The van der Waals surface area contributed by atoms with Crippen LogP contribution in [0.25, 0.3) is 0 Å². The first kappa shape index (κ1) is 14.9. The zero-order valence-corrected chi connectivity index (χ0v) is 11.1. The lowest BCUT2D eigenvalue weighted by molar-refractivity contribution is 0.185. The smallest absolute Gasteiger partial charge is 0.0446 e. The highest BCUT2D eigenvalue weighted by Gasteiger charge is 2.24. The molecule has 0 spiro atoms. The highest BCUT2D eigenvalue weighted by molar-refractivity contribution is 4.82. The zero-order chi connectivity index (χ0) is 11.9. The summed E-state index contributed by atoms with van der Waals surface area (Å²) in [6.07, 6.45) is 4.62. The Kier molecular flexibility index (Phi) is 7.20. The van der Waals surface area contributed by atoms with Gasteiger partial charge in [-0.25, -0.2) is 0 Å². The van der Waals surface area contributed by atoms with Crippen LogP contribution in [0.5, 0.6) is 0 Å². The summed E-state index contributed by atoms with van der Waals surface area (Å²) in [5.41, 5.74) is 0.225. The van der Waals surface area contributed by atoms with Crippen LogP contribution >= 0.6 is 0 Å². The Morgan fingerprint density at radius 1 is 1.20 bits per heavy atom. The van der Waals surface area contributed by atoms with E-state index in [0.29, 0.717) is 12.1 Å². The maximum atomic E-state index is 9.05. The Hall–Kier alpha value is -0.0800. The van der Waals surface area contributed by atoms with Crippen LogP contribution in [-0.4, -0.2) is 23.8 Å². The Labute approximate surface area is 95.5 Å². The molecule has 0 aromatic heterocycles. The second-order valence-corrected chi connectivity index (χ2v) is 5.64. The van der Waals surface area contributed by atoms with E-state index in [-0.39, 0.29) is 12.0 Å². The average molecular weight is 215 g/mol. The second kappa shape index (κ2) is 7.24. The van der Waals surface area contributed by atoms with Gasteiger partial charge < -0.3 is 10.4 Å². The van der Waals surface area contributed by atoms with Crippen molar-refractivity contribution in [3.63, 3.8) is 0 Å². The van der Waals surface area contributed by atoms with Crippen molar-refractivity contribution in [2.24, 2.45) is 5.41 Å². The SMILES string of the molecule is CCCCC(C)NC(CCO)C(C)(C)C. The first-order valence-electron chi connectivity index (χ1n) is 6.28. The van der Waals surface area contributed by atoms with Crippen LogP contribution in [0.4, 0.5) is 0 Å². The molecule has 2 unspecified atom stereocenters. The van der Waals surface area contributed by atoms with Crippen LogP contribution in [0.2, 0.25) is 0 Å². The zero-order valence-electron chi connectivity index (χ0n) is 11.1. The molecular weight excluding hydrogens is 186 g/mol. The Bertz CT molecular complexity index is 151. The monoisotopic (exact) mass is 215 g/mol. The van der Waals surface area contributed by atoms with Crippen LogP contribution in [-0.2, 0) is 0 Å². The largest absolute Gasteiger partial charge is 0.396 e. The predicted molar refractivity (Wildman–Crippen MR) is 67.1 cm³/mol. The summed E-state index contributed by atoms with van der Waals surface area (Å²) in [4.78, 5) is 0. The van der Waals surface area contributed by atoms with E-state index in [1.165, 1.54) is 19.3 Å². The summed E-state index contributed by atoms with van der Waals surface area (Å²) in [7, 11) is 0. The van der Waals surface area contributed by atoms with E-state index in [4.69, 9.17) is 5.11 Å². The fourth-order valence-corrected chi connectivity index (χ4v) is 1.83. The van der Waals surface area contributed by atoms with Gasteiger partial charge in [-0.1, -0.05) is 40.5 Å². The van der Waals surface area contributed by atoms with Crippen LogP contribution < -0.4 is 5.32 Å². The summed E-state index contributed by atoms with van der Waals surface area (Å²) >= 11 is 0. The van der Waals surface area contributed by atoms with E-state index in [1.54, 1.807) is 0 Å². The summed E-state index contributed by atoms with van der Waals surface area (Å²) in [5, 5.41) is 12.7. The quantitative estimate of drug-likeness (QED) is 0.684. The maximum absolute atomic E-state index is 9.05. The van der Waals surface area contributed by atoms with Crippen molar-refractivity contribution in [1.29, 1.82) is 0 Å². The highest BCUT2D eigenvalue weighted by atomic mass is 16.3. The summed E-state index contributed by atoms with van der Waals surface area (Å²) < 4.78 is 0. The minimum Gasteiger partial charge on any atom is -0.396 e. The molecule has 0 aromatic carbocycles. The van der Waals surface area contributed by atoms with Gasteiger partial charge in [-0.15, -0.1) is 0 Å². The first-order chi connectivity index (χ1) is 6.91. The fourth-order valence-electron chi connectivity index (χ4n) is 1.83. The molecule has 0 aliphatic rings. The first-order valence-corrected chi connectivity index (χ1v) is 6.28. The van der Waals surface area contributed by atoms with E-state index >= 15 is 0 Å². The van der Waals surface area contributed by atoms with Gasteiger partial charge in [-0.3, -0.25) is 0 Å². The molecule has 0 fully saturated rings. The van der Waals surface area contributed by atoms with Crippen LogP contribution in [0.3, 0.4) is 0 Å². The molecule has 0 bridgehead atoms. The number of unbranched alkanes of at least 4 members (excludes halogenated alkanes) is 1. The third-order valence-corrected chi connectivity index (χ3v) is 2.94. The summed E-state index contributed by atoms with van der Waals surface area (Å²) in [6, 6.07) is 0.968. The van der Waals surface area contributed by atoms with Gasteiger partial charge in [-0.05, 0) is 25.2 Å². The molecule has 0 amide bonds.